The topological polar surface area (TPSA) is 40.5 Å². The first-order valence-corrected chi connectivity index (χ1v) is 9.59. The molecule has 1 aromatic rings. The van der Waals surface area contributed by atoms with Crippen molar-refractivity contribution >= 4 is 38.8 Å². The Bertz CT molecular complexity index is 339. The molecule has 0 unspecified atom stereocenters. The van der Waals surface area contributed by atoms with E-state index in [2.05, 4.69) is 45.9 Å². The molecule has 0 aliphatic carbocycles. The molecule has 0 spiro atoms. The van der Waals surface area contributed by atoms with Gasteiger partial charge in [0.05, 0.1) is 6.61 Å². The van der Waals surface area contributed by atoms with Gasteiger partial charge in [0.1, 0.15) is 0 Å². The van der Waals surface area contributed by atoms with Crippen LogP contribution < -0.4 is 0 Å². The van der Waals surface area contributed by atoms with Crippen molar-refractivity contribution in [2.75, 3.05) is 6.61 Å². The Hall–Kier alpha value is 0.390. The second-order valence-corrected chi connectivity index (χ2v) is 7.40. The number of halogens is 1. The number of hydrogen-bond donors (Lipinski definition) is 2. The van der Waals surface area contributed by atoms with Gasteiger partial charge < -0.3 is 10.2 Å². The number of aryl methyl sites for hydroxylation is 2. The zero-order chi connectivity index (χ0) is 13.1. The first-order valence-electron chi connectivity index (χ1n) is 5.31. The molecule has 5 heteroatoms. The molecule has 0 radical (unpaired) electrons. The SMILES string of the molecule is S=PI.[3H]OCc1ccc(C)c(CCCO)c1. The fourth-order valence-corrected chi connectivity index (χ4v) is 1.35. The molecule has 0 amide bonds. The molecule has 0 atom stereocenters. The number of aliphatic hydroxyl groups is 2. The Morgan fingerprint density at radius 1 is 1.56 bits per heavy atom. The molecule has 1 aromatic carbocycles. The van der Waals surface area contributed by atoms with Crippen molar-refractivity contribution in [3.63, 3.8) is 0 Å². The minimum Gasteiger partial charge on any atom is -0.396 e. The van der Waals surface area contributed by atoms with Crippen LogP contribution in [-0.2, 0) is 24.8 Å². The first-order chi connectivity index (χ1) is 8.19. The van der Waals surface area contributed by atoms with Crippen molar-refractivity contribution in [2.24, 2.45) is 0 Å². The van der Waals surface area contributed by atoms with Crippen molar-refractivity contribution in [3.8, 4) is 0 Å². The standard InChI is InChI=1S/C11H16O2.IPS/c1-9-4-5-10(8-13)7-11(9)3-2-6-12;1-2-3/h4-5,7,12-13H,2-3,6,8H2,1H3;/i13T;. The number of aliphatic hydroxyl groups excluding tert-OH is 2. The van der Waals surface area contributed by atoms with E-state index < -0.39 is 0 Å². The first kappa shape index (κ1) is 14.5. The highest BCUT2D eigenvalue weighted by atomic mass is 127. The summed E-state index contributed by atoms with van der Waals surface area (Å²) < 4.78 is 6.66. The summed E-state index contributed by atoms with van der Waals surface area (Å²) in [6, 6.07) is 6.03. The summed E-state index contributed by atoms with van der Waals surface area (Å²) >= 11 is 6.43. The van der Waals surface area contributed by atoms with Crippen molar-refractivity contribution in [1.82, 2.24) is 0 Å². The van der Waals surface area contributed by atoms with Gasteiger partial charge in [-0.2, -0.15) is 0 Å². The van der Waals surface area contributed by atoms with E-state index in [1.807, 2.05) is 18.2 Å². The molecule has 0 bridgehead atoms. The van der Waals surface area contributed by atoms with Gasteiger partial charge in [0.25, 0.3) is 0 Å². The lowest BCUT2D eigenvalue weighted by Gasteiger charge is -2.06. The van der Waals surface area contributed by atoms with Crippen LogP contribution in [0.1, 0.15) is 23.1 Å². The Morgan fingerprint density at radius 2 is 2.25 bits per heavy atom. The fraction of sp³-hybridized carbons (Fsp3) is 0.455. The van der Waals surface area contributed by atoms with Gasteiger partial charge in [-0.05, 0) is 70.3 Å². The molecule has 2 nitrogen and oxygen atoms in total. The largest absolute Gasteiger partial charge is 0.396 e. The minimum absolute atomic E-state index is 0.221. The third-order valence-corrected chi connectivity index (χ3v) is 2.18. The summed E-state index contributed by atoms with van der Waals surface area (Å²) in [4.78, 5) is 0.970. The van der Waals surface area contributed by atoms with Crippen LogP contribution in [0.15, 0.2) is 18.2 Å². The zero-order valence-corrected chi connectivity index (χ0v) is 13.0. The molecule has 0 saturated heterocycles. The van der Waals surface area contributed by atoms with E-state index in [9.17, 15) is 0 Å². The lowest BCUT2D eigenvalue weighted by atomic mass is 10.0. The Labute approximate surface area is 118 Å². The van der Waals surface area contributed by atoms with Gasteiger partial charge in [-0.1, -0.05) is 18.2 Å². The molecule has 90 valence electrons. The van der Waals surface area contributed by atoms with Crippen LogP contribution in [0.4, 0.5) is 0 Å². The maximum atomic E-state index is 8.74. The zero-order valence-electron chi connectivity index (χ0n) is 10.1. The second kappa shape index (κ2) is 10.5. The highest BCUT2D eigenvalue weighted by Crippen LogP contribution is 2.13. The van der Waals surface area contributed by atoms with Gasteiger partial charge in [-0.15, -0.1) is 0 Å². The molecule has 0 heterocycles. The lowest BCUT2D eigenvalue weighted by molar-refractivity contribution is 0.281. The van der Waals surface area contributed by atoms with E-state index in [-0.39, 0.29) is 6.61 Å². The van der Waals surface area contributed by atoms with Crippen molar-refractivity contribution < 1.29 is 10.2 Å². The van der Waals surface area contributed by atoms with Gasteiger partial charge in [0.2, 0.25) is 1.43 Å². The summed E-state index contributed by atoms with van der Waals surface area (Å²) in [5.41, 5.74) is 3.47. The van der Waals surface area contributed by atoms with E-state index in [1.165, 1.54) is 11.1 Å². The van der Waals surface area contributed by atoms with Crippen LogP contribution in [0.5, 0.6) is 0 Å². The van der Waals surface area contributed by atoms with Crippen molar-refractivity contribution in [2.45, 2.75) is 26.4 Å². The second-order valence-electron chi connectivity index (χ2n) is 3.30. The van der Waals surface area contributed by atoms with Crippen LogP contribution in [0.3, 0.4) is 0 Å². The van der Waals surface area contributed by atoms with Crippen LogP contribution in [0.2, 0.25) is 0 Å². The smallest absolute Gasteiger partial charge is 0.211 e. The predicted molar refractivity (Wildman–Crippen MR) is 80.8 cm³/mol. The van der Waals surface area contributed by atoms with Crippen molar-refractivity contribution in [3.05, 3.63) is 34.9 Å². The van der Waals surface area contributed by atoms with E-state index in [4.69, 9.17) is 6.54 Å². The number of hydrogen-bond acceptors (Lipinski definition) is 3. The summed E-state index contributed by atoms with van der Waals surface area (Å²) in [6.07, 6.45) is 1.67. The summed E-state index contributed by atoms with van der Waals surface area (Å²) in [6.45, 7) is 2.60. The monoisotopic (exact) mass is 372 g/mol. The molecular formula is C11H16IO2PS. The van der Waals surface area contributed by atoms with Crippen LogP contribution >= 0.6 is 27.0 Å². The minimum atomic E-state index is 0.221. The predicted octanol–water partition coefficient (Wildman–Crippen LogP) is 3.16. The summed E-state index contributed by atoms with van der Waals surface area (Å²) in [7, 11) is 0. The van der Waals surface area contributed by atoms with Gasteiger partial charge in [-0.25, -0.2) is 0 Å². The van der Waals surface area contributed by atoms with Gasteiger partial charge in [-0.3, -0.25) is 0 Å². The van der Waals surface area contributed by atoms with Crippen LogP contribution in [0.25, 0.3) is 0 Å². The van der Waals surface area contributed by atoms with Crippen LogP contribution in [-0.4, -0.2) is 18.3 Å². The molecule has 0 aliphatic rings. The van der Waals surface area contributed by atoms with Gasteiger partial charge in [0, 0.05) is 11.6 Å². The molecule has 2 N–H and O–H groups in total. The summed E-state index contributed by atoms with van der Waals surface area (Å²) in [5, 5.41) is 13.1. The van der Waals surface area contributed by atoms with Crippen molar-refractivity contribution in [1.29, 1.82) is 1.43 Å². The van der Waals surface area contributed by atoms with E-state index in [0.29, 0.717) is 6.61 Å². The van der Waals surface area contributed by atoms with E-state index in [1.54, 1.807) is 0 Å². The van der Waals surface area contributed by atoms with E-state index in [0.717, 1.165) is 23.4 Å². The molecule has 0 aliphatic heterocycles. The fourth-order valence-electron chi connectivity index (χ4n) is 1.35. The molecule has 0 saturated carbocycles. The highest BCUT2D eigenvalue weighted by molar-refractivity contribution is 14.2. The van der Waals surface area contributed by atoms with Gasteiger partial charge in [0.15, 0.2) is 0 Å². The molecule has 1 rings (SSSR count). The highest BCUT2D eigenvalue weighted by Gasteiger charge is 1.99. The summed E-state index contributed by atoms with van der Waals surface area (Å²) in [5.74, 6) is 0. The average molecular weight is 372 g/mol. The molecular weight excluding hydrogens is 354 g/mol. The Kier molecular flexibility index (Phi) is 9.52. The van der Waals surface area contributed by atoms with Crippen LogP contribution in [0, 0.1) is 6.92 Å². The maximum Gasteiger partial charge on any atom is 0.211 e. The van der Waals surface area contributed by atoms with Gasteiger partial charge >= 0.3 is 0 Å². The molecule has 0 fully saturated rings. The van der Waals surface area contributed by atoms with E-state index >= 15 is 0 Å². The molecule has 16 heavy (non-hydrogen) atoms. The number of benzene rings is 1. The quantitative estimate of drug-likeness (QED) is 0.616. The Morgan fingerprint density at radius 3 is 2.81 bits per heavy atom. The maximum absolute atomic E-state index is 8.74. The third kappa shape index (κ3) is 6.86. The third-order valence-electron chi connectivity index (χ3n) is 2.18. The normalized spacial score (nSPS) is 10.6. The number of rotatable bonds is 5. The lowest BCUT2D eigenvalue weighted by Crippen LogP contribution is -1.95. The Balaban J connectivity index is 0.000000770. The molecule has 0 aromatic heterocycles. The average Bonchev–Trinajstić information content (AvgIpc) is 2.31.